The molecule has 3 nitrogen and oxygen atoms in total. The number of nitrogens with two attached hydrogens (primary N) is 1. The topological polar surface area (TPSA) is 46.3 Å². The maximum Gasteiger partial charge on any atom is 0.219 e. The third kappa shape index (κ3) is 1.46. The first kappa shape index (κ1) is 9.00. The van der Waals surface area contributed by atoms with Crippen molar-refractivity contribution in [3.8, 4) is 0 Å². The third-order valence-corrected chi connectivity index (χ3v) is 3.61. The van der Waals surface area contributed by atoms with Crippen molar-refractivity contribution < 1.29 is 4.79 Å². The molecule has 2 rings (SSSR count). The van der Waals surface area contributed by atoms with Crippen LogP contribution in [0.15, 0.2) is 0 Å². The predicted octanol–water partition coefficient (Wildman–Crippen LogP) is 0.735. The van der Waals surface area contributed by atoms with Gasteiger partial charge in [0.05, 0.1) is 0 Å². The van der Waals surface area contributed by atoms with E-state index < -0.39 is 0 Å². The average molecular weight is 182 g/mol. The average Bonchev–Trinajstić information content (AvgIpc) is 1.76. The Bertz CT molecular complexity index is 213. The summed E-state index contributed by atoms with van der Waals surface area (Å²) in [6.07, 6.45) is 4.97. The molecular weight excluding hydrogens is 164 g/mol. The van der Waals surface area contributed by atoms with E-state index in [1.165, 1.54) is 19.3 Å². The second-order valence-corrected chi connectivity index (χ2v) is 4.34. The van der Waals surface area contributed by atoms with Gasteiger partial charge < -0.3 is 10.6 Å². The number of hydrogen-bond acceptors (Lipinski definition) is 2. The van der Waals surface area contributed by atoms with Gasteiger partial charge in [-0.2, -0.15) is 0 Å². The maximum absolute atomic E-state index is 11.1. The summed E-state index contributed by atoms with van der Waals surface area (Å²) in [4.78, 5) is 13.1. The van der Waals surface area contributed by atoms with Gasteiger partial charge in [0.25, 0.3) is 0 Å². The van der Waals surface area contributed by atoms with Gasteiger partial charge in [-0.15, -0.1) is 0 Å². The van der Waals surface area contributed by atoms with Crippen LogP contribution < -0.4 is 5.73 Å². The monoisotopic (exact) mass is 182 g/mol. The highest BCUT2D eigenvalue weighted by molar-refractivity contribution is 5.74. The molecule has 2 fully saturated rings. The summed E-state index contributed by atoms with van der Waals surface area (Å²) >= 11 is 0. The van der Waals surface area contributed by atoms with Crippen molar-refractivity contribution in [1.82, 2.24) is 4.90 Å². The molecule has 2 aliphatic rings. The molecule has 0 aromatic rings. The fourth-order valence-corrected chi connectivity index (χ4v) is 2.34. The minimum atomic E-state index is 0.186. The van der Waals surface area contributed by atoms with E-state index in [9.17, 15) is 4.79 Å². The Balaban J connectivity index is 1.89. The highest BCUT2D eigenvalue weighted by Gasteiger charge is 2.39. The summed E-state index contributed by atoms with van der Waals surface area (Å²) in [6.45, 7) is 2.56. The minimum Gasteiger partial charge on any atom is -0.338 e. The van der Waals surface area contributed by atoms with Crippen LogP contribution in [0.25, 0.3) is 0 Å². The number of carbonyl (C=O) groups is 1. The molecular formula is C10H18N2O. The van der Waals surface area contributed by atoms with E-state index in [1.807, 2.05) is 4.90 Å². The van der Waals surface area contributed by atoms with E-state index in [0.29, 0.717) is 12.0 Å². The van der Waals surface area contributed by atoms with Gasteiger partial charge in [0.2, 0.25) is 5.91 Å². The van der Waals surface area contributed by atoms with Gasteiger partial charge in [0, 0.05) is 25.6 Å². The molecule has 1 aliphatic carbocycles. The van der Waals surface area contributed by atoms with Crippen molar-refractivity contribution in [2.75, 3.05) is 6.54 Å². The second-order valence-electron chi connectivity index (χ2n) is 4.34. The number of nitrogens with zero attached hydrogens (tertiary/aromatic N) is 1. The molecule has 0 aromatic heterocycles. The second kappa shape index (κ2) is 3.29. The van der Waals surface area contributed by atoms with E-state index in [1.54, 1.807) is 6.92 Å². The van der Waals surface area contributed by atoms with Crippen molar-refractivity contribution in [3.63, 3.8) is 0 Å². The molecule has 2 atom stereocenters. The Hall–Kier alpha value is -0.570. The molecule has 1 aliphatic heterocycles. The first-order valence-electron chi connectivity index (χ1n) is 5.23. The zero-order valence-electron chi connectivity index (χ0n) is 8.20. The number of hydrogen-bond donors (Lipinski definition) is 1. The molecule has 1 heterocycles. The Morgan fingerprint density at radius 1 is 1.46 bits per heavy atom. The Morgan fingerprint density at radius 3 is 2.46 bits per heavy atom. The SMILES string of the molecule is CC(=O)N1CCC1C(N)C1CCC1. The van der Waals surface area contributed by atoms with Gasteiger partial charge in [-0.25, -0.2) is 0 Å². The Kier molecular flexibility index (Phi) is 2.28. The summed E-state index contributed by atoms with van der Waals surface area (Å²) in [6, 6.07) is 0.592. The minimum absolute atomic E-state index is 0.186. The molecule has 3 heteroatoms. The summed E-state index contributed by atoms with van der Waals surface area (Å²) < 4.78 is 0. The molecule has 2 unspecified atom stereocenters. The zero-order chi connectivity index (χ0) is 9.42. The van der Waals surface area contributed by atoms with Gasteiger partial charge in [0.1, 0.15) is 0 Å². The van der Waals surface area contributed by atoms with Gasteiger partial charge >= 0.3 is 0 Å². The first-order valence-corrected chi connectivity index (χ1v) is 5.23. The van der Waals surface area contributed by atoms with Crippen molar-refractivity contribution in [2.45, 2.75) is 44.7 Å². The van der Waals surface area contributed by atoms with Crippen LogP contribution in [0.5, 0.6) is 0 Å². The van der Waals surface area contributed by atoms with Crippen molar-refractivity contribution >= 4 is 5.91 Å². The molecule has 2 N–H and O–H groups in total. The molecule has 1 saturated heterocycles. The molecule has 0 spiro atoms. The Labute approximate surface area is 79.3 Å². The van der Waals surface area contributed by atoms with Crippen molar-refractivity contribution in [1.29, 1.82) is 0 Å². The first-order chi connectivity index (χ1) is 6.20. The number of carbonyl (C=O) groups excluding carboxylic acids is 1. The van der Waals surface area contributed by atoms with Gasteiger partial charge in [-0.05, 0) is 25.2 Å². The van der Waals surface area contributed by atoms with E-state index >= 15 is 0 Å². The fourth-order valence-electron chi connectivity index (χ4n) is 2.34. The van der Waals surface area contributed by atoms with E-state index in [-0.39, 0.29) is 11.9 Å². The molecule has 0 aromatic carbocycles. The van der Waals surface area contributed by atoms with Crippen molar-refractivity contribution in [2.24, 2.45) is 11.7 Å². The lowest BCUT2D eigenvalue weighted by Gasteiger charge is -2.47. The molecule has 74 valence electrons. The molecule has 0 radical (unpaired) electrons. The van der Waals surface area contributed by atoms with Crippen LogP contribution >= 0.6 is 0 Å². The lowest BCUT2D eigenvalue weighted by atomic mass is 9.75. The number of rotatable bonds is 2. The third-order valence-electron chi connectivity index (χ3n) is 3.61. The fraction of sp³-hybridized carbons (Fsp3) is 0.900. The summed E-state index contributed by atoms with van der Waals surface area (Å²) in [5.74, 6) is 0.873. The summed E-state index contributed by atoms with van der Waals surface area (Å²) in [5, 5.41) is 0. The normalized spacial score (nSPS) is 30.6. The van der Waals surface area contributed by atoms with Crippen LogP contribution in [-0.2, 0) is 4.79 Å². The molecule has 1 amide bonds. The highest BCUT2D eigenvalue weighted by Crippen LogP contribution is 2.34. The van der Waals surface area contributed by atoms with Crippen LogP contribution in [0.3, 0.4) is 0 Å². The predicted molar refractivity (Wildman–Crippen MR) is 51.1 cm³/mol. The smallest absolute Gasteiger partial charge is 0.219 e. The number of amides is 1. The van der Waals surface area contributed by atoms with Crippen LogP contribution in [-0.4, -0.2) is 29.4 Å². The standard InChI is InChI=1S/C10H18N2O/c1-7(13)12-6-5-9(12)10(11)8-3-2-4-8/h8-10H,2-6,11H2,1H3. The van der Waals surface area contributed by atoms with E-state index in [4.69, 9.17) is 5.73 Å². The Morgan fingerprint density at radius 2 is 2.15 bits per heavy atom. The van der Waals surface area contributed by atoms with E-state index in [0.717, 1.165) is 13.0 Å². The largest absolute Gasteiger partial charge is 0.338 e. The van der Waals surface area contributed by atoms with Gasteiger partial charge in [0.15, 0.2) is 0 Å². The summed E-state index contributed by atoms with van der Waals surface area (Å²) in [5.41, 5.74) is 6.12. The van der Waals surface area contributed by atoms with Crippen LogP contribution in [0, 0.1) is 5.92 Å². The molecule has 13 heavy (non-hydrogen) atoms. The lowest BCUT2D eigenvalue weighted by molar-refractivity contribution is -0.138. The maximum atomic E-state index is 11.1. The van der Waals surface area contributed by atoms with Crippen LogP contribution in [0.1, 0.15) is 32.6 Å². The van der Waals surface area contributed by atoms with Crippen LogP contribution in [0.2, 0.25) is 0 Å². The zero-order valence-corrected chi connectivity index (χ0v) is 8.20. The van der Waals surface area contributed by atoms with Gasteiger partial charge in [-0.3, -0.25) is 4.79 Å². The van der Waals surface area contributed by atoms with E-state index in [2.05, 4.69) is 0 Å². The number of likely N-dealkylation sites (tertiary alicyclic amines) is 1. The van der Waals surface area contributed by atoms with Crippen molar-refractivity contribution in [3.05, 3.63) is 0 Å². The quantitative estimate of drug-likeness (QED) is 0.684. The summed E-state index contributed by atoms with van der Waals surface area (Å²) in [7, 11) is 0. The van der Waals surface area contributed by atoms with Crippen LogP contribution in [0.4, 0.5) is 0 Å². The molecule has 1 saturated carbocycles. The van der Waals surface area contributed by atoms with Gasteiger partial charge in [-0.1, -0.05) is 6.42 Å². The highest BCUT2D eigenvalue weighted by atomic mass is 16.2. The lowest BCUT2D eigenvalue weighted by Crippen LogP contribution is -2.61. The molecule has 0 bridgehead atoms.